The molecule has 0 aliphatic heterocycles. The zero-order valence-corrected chi connectivity index (χ0v) is 17.3. The number of benzene rings is 2. The molecule has 2 heterocycles. The maximum absolute atomic E-state index is 13.0. The second kappa shape index (κ2) is 8.24. The van der Waals surface area contributed by atoms with E-state index in [1.807, 2.05) is 54.6 Å². The minimum atomic E-state index is -0.0906. The summed E-state index contributed by atoms with van der Waals surface area (Å²) in [6, 6.07) is 17.7. The number of nitrogens with zero attached hydrogens (tertiary/aromatic N) is 3. The number of hydrogen-bond acceptors (Lipinski definition) is 5. The van der Waals surface area contributed by atoms with E-state index >= 15 is 0 Å². The van der Waals surface area contributed by atoms with E-state index in [-0.39, 0.29) is 5.56 Å². The van der Waals surface area contributed by atoms with Crippen LogP contribution in [0.2, 0.25) is 0 Å². The molecule has 1 aliphatic rings. The fourth-order valence-corrected chi connectivity index (χ4v) is 4.99. The van der Waals surface area contributed by atoms with Gasteiger partial charge in [-0.1, -0.05) is 42.5 Å². The van der Waals surface area contributed by atoms with Crippen molar-refractivity contribution in [3.8, 4) is 5.75 Å². The number of aryl methyl sites for hydroxylation is 2. The van der Waals surface area contributed by atoms with Gasteiger partial charge in [0.05, 0.1) is 11.6 Å². The first kappa shape index (κ1) is 18.8. The SMILES string of the molecule is O=c1c2c3c(sc2ncn1/N=C\c1cccc(OCc2ccccc2)c1)CCCC3. The van der Waals surface area contributed by atoms with Crippen LogP contribution in [0.4, 0.5) is 0 Å². The zero-order chi connectivity index (χ0) is 20.3. The number of fused-ring (bicyclic) bond motifs is 3. The van der Waals surface area contributed by atoms with E-state index in [4.69, 9.17) is 4.74 Å². The average molecular weight is 416 g/mol. The van der Waals surface area contributed by atoms with E-state index in [9.17, 15) is 4.79 Å². The lowest BCUT2D eigenvalue weighted by atomic mass is 9.97. The van der Waals surface area contributed by atoms with Gasteiger partial charge in [-0.2, -0.15) is 9.78 Å². The van der Waals surface area contributed by atoms with Crippen LogP contribution in [0.15, 0.2) is 70.8 Å². The summed E-state index contributed by atoms with van der Waals surface area (Å²) in [6.07, 6.45) is 7.51. The van der Waals surface area contributed by atoms with Crippen LogP contribution >= 0.6 is 11.3 Å². The molecule has 150 valence electrons. The minimum Gasteiger partial charge on any atom is -0.489 e. The first-order valence-corrected chi connectivity index (χ1v) is 10.9. The average Bonchev–Trinajstić information content (AvgIpc) is 3.18. The second-order valence-electron chi connectivity index (χ2n) is 7.38. The van der Waals surface area contributed by atoms with Crippen molar-refractivity contribution >= 4 is 27.8 Å². The molecule has 0 unspecified atom stereocenters. The van der Waals surface area contributed by atoms with Crippen LogP contribution in [0.5, 0.6) is 5.75 Å². The summed E-state index contributed by atoms with van der Waals surface area (Å²) >= 11 is 1.65. The van der Waals surface area contributed by atoms with Gasteiger partial charge in [0.2, 0.25) is 0 Å². The Balaban J connectivity index is 1.38. The molecule has 5 rings (SSSR count). The lowest BCUT2D eigenvalue weighted by molar-refractivity contribution is 0.306. The molecule has 0 saturated heterocycles. The highest BCUT2D eigenvalue weighted by atomic mass is 32.1. The van der Waals surface area contributed by atoms with Crippen LogP contribution in [0, 0.1) is 0 Å². The Labute approximate surface area is 178 Å². The van der Waals surface area contributed by atoms with Crippen LogP contribution in [-0.2, 0) is 19.4 Å². The highest BCUT2D eigenvalue weighted by Gasteiger charge is 2.19. The van der Waals surface area contributed by atoms with Gasteiger partial charge in [-0.3, -0.25) is 4.79 Å². The lowest BCUT2D eigenvalue weighted by Gasteiger charge is -2.09. The van der Waals surface area contributed by atoms with Crippen molar-refractivity contribution in [2.75, 3.05) is 0 Å². The molecule has 0 spiro atoms. The third-order valence-electron chi connectivity index (χ3n) is 5.30. The maximum Gasteiger partial charge on any atom is 0.282 e. The molecule has 6 heteroatoms. The summed E-state index contributed by atoms with van der Waals surface area (Å²) in [5.41, 5.74) is 3.06. The molecule has 30 heavy (non-hydrogen) atoms. The summed E-state index contributed by atoms with van der Waals surface area (Å²) in [5.74, 6) is 0.760. The molecule has 0 radical (unpaired) electrons. The molecule has 0 N–H and O–H groups in total. The molecule has 4 aromatic rings. The van der Waals surface area contributed by atoms with Gasteiger partial charge in [0.25, 0.3) is 5.56 Å². The molecule has 2 aromatic carbocycles. The van der Waals surface area contributed by atoms with Crippen LogP contribution in [0.3, 0.4) is 0 Å². The zero-order valence-electron chi connectivity index (χ0n) is 16.5. The van der Waals surface area contributed by atoms with E-state index in [2.05, 4.69) is 10.1 Å². The molecule has 0 amide bonds. The Hall–Kier alpha value is -3.25. The van der Waals surface area contributed by atoms with Crippen LogP contribution in [0.1, 0.15) is 34.4 Å². The van der Waals surface area contributed by atoms with Gasteiger partial charge in [0, 0.05) is 4.88 Å². The van der Waals surface area contributed by atoms with E-state index in [0.717, 1.165) is 46.4 Å². The first-order chi connectivity index (χ1) is 14.8. The van der Waals surface area contributed by atoms with Crippen molar-refractivity contribution in [2.24, 2.45) is 5.10 Å². The summed E-state index contributed by atoms with van der Waals surface area (Å²) < 4.78 is 7.21. The predicted molar refractivity (Wildman–Crippen MR) is 121 cm³/mol. The topological polar surface area (TPSA) is 56.5 Å². The van der Waals surface area contributed by atoms with Gasteiger partial charge in [-0.25, -0.2) is 4.98 Å². The summed E-state index contributed by atoms with van der Waals surface area (Å²) in [4.78, 5) is 19.6. The molecular formula is C24H21N3O2S. The Morgan fingerprint density at radius 3 is 2.87 bits per heavy atom. The summed E-state index contributed by atoms with van der Waals surface area (Å²) in [5, 5.41) is 5.12. The molecule has 5 nitrogen and oxygen atoms in total. The maximum atomic E-state index is 13.0. The highest BCUT2D eigenvalue weighted by Crippen LogP contribution is 2.33. The minimum absolute atomic E-state index is 0.0906. The number of aromatic nitrogens is 2. The van der Waals surface area contributed by atoms with E-state index in [1.54, 1.807) is 17.6 Å². The van der Waals surface area contributed by atoms with E-state index in [0.29, 0.717) is 6.61 Å². The highest BCUT2D eigenvalue weighted by molar-refractivity contribution is 7.18. The van der Waals surface area contributed by atoms with Gasteiger partial charge >= 0.3 is 0 Å². The third kappa shape index (κ3) is 3.78. The molecule has 1 aliphatic carbocycles. The standard InChI is InChI=1S/C24H21N3O2S/c28-24-22-20-11-4-5-12-21(20)30-23(22)25-16-27(24)26-14-18-9-6-10-19(13-18)29-15-17-7-2-1-3-8-17/h1-3,6-10,13-14,16H,4-5,11-12,15H2/b26-14-. The van der Waals surface area contributed by atoms with Crippen molar-refractivity contribution in [2.45, 2.75) is 32.3 Å². The molecule has 2 aromatic heterocycles. The number of ether oxygens (including phenoxy) is 1. The Kier molecular flexibility index (Phi) is 5.15. The third-order valence-corrected chi connectivity index (χ3v) is 6.50. The Morgan fingerprint density at radius 1 is 1.10 bits per heavy atom. The Morgan fingerprint density at radius 2 is 1.97 bits per heavy atom. The molecule has 0 atom stereocenters. The monoisotopic (exact) mass is 415 g/mol. The normalized spacial score (nSPS) is 13.6. The Bertz CT molecular complexity index is 1270. The van der Waals surface area contributed by atoms with Crippen molar-refractivity contribution in [3.05, 3.63) is 92.8 Å². The van der Waals surface area contributed by atoms with Gasteiger partial charge in [-0.15, -0.1) is 11.3 Å². The molecular weight excluding hydrogens is 394 g/mol. The van der Waals surface area contributed by atoms with Crippen LogP contribution < -0.4 is 10.3 Å². The van der Waals surface area contributed by atoms with Gasteiger partial charge in [0.15, 0.2) is 0 Å². The number of hydrogen-bond donors (Lipinski definition) is 0. The second-order valence-corrected chi connectivity index (χ2v) is 8.46. The van der Waals surface area contributed by atoms with Gasteiger partial charge in [0.1, 0.15) is 23.5 Å². The lowest BCUT2D eigenvalue weighted by Crippen LogP contribution is -2.18. The van der Waals surface area contributed by atoms with Crippen LogP contribution in [-0.4, -0.2) is 15.9 Å². The summed E-state index contributed by atoms with van der Waals surface area (Å²) in [7, 11) is 0. The van der Waals surface area contributed by atoms with Gasteiger partial charge in [-0.05, 0) is 54.5 Å². The van der Waals surface area contributed by atoms with Crippen molar-refractivity contribution in [1.82, 2.24) is 9.66 Å². The van der Waals surface area contributed by atoms with Gasteiger partial charge < -0.3 is 4.74 Å². The van der Waals surface area contributed by atoms with Crippen molar-refractivity contribution < 1.29 is 4.74 Å². The molecule has 0 bridgehead atoms. The largest absolute Gasteiger partial charge is 0.489 e. The summed E-state index contributed by atoms with van der Waals surface area (Å²) in [6.45, 7) is 0.505. The quantitative estimate of drug-likeness (QED) is 0.440. The van der Waals surface area contributed by atoms with E-state index in [1.165, 1.54) is 27.9 Å². The molecule has 0 fully saturated rings. The fourth-order valence-electron chi connectivity index (χ4n) is 3.77. The van der Waals surface area contributed by atoms with Crippen LogP contribution in [0.25, 0.3) is 10.2 Å². The number of thiophene rings is 1. The first-order valence-electron chi connectivity index (χ1n) is 10.1. The van der Waals surface area contributed by atoms with E-state index < -0.39 is 0 Å². The van der Waals surface area contributed by atoms with Crippen molar-refractivity contribution in [1.29, 1.82) is 0 Å². The predicted octanol–water partition coefficient (Wildman–Crippen LogP) is 4.80. The fraction of sp³-hybridized carbons (Fsp3) is 0.208. The number of rotatable bonds is 5. The molecule has 0 saturated carbocycles. The van der Waals surface area contributed by atoms with Crippen molar-refractivity contribution in [3.63, 3.8) is 0 Å². The smallest absolute Gasteiger partial charge is 0.282 e.